The van der Waals surface area contributed by atoms with Crippen molar-refractivity contribution in [2.75, 3.05) is 5.32 Å². The second-order valence-corrected chi connectivity index (χ2v) is 5.72. The number of rotatable bonds is 4. The molecule has 7 heteroatoms. The maximum Gasteiger partial charge on any atom is 0.355 e. The van der Waals surface area contributed by atoms with Crippen LogP contribution < -0.4 is 5.32 Å². The summed E-state index contributed by atoms with van der Waals surface area (Å²) in [6, 6.07) is 12.6. The van der Waals surface area contributed by atoms with Gasteiger partial charge in [-0.25, -0.2) is 14.0 Å². The lowest BCUT2D eigenvalue weighted by Crippen LogP contribution is -2.24. The van der Waals surface area contributed by atoms with Crippen LogP contribution in [0.25, 0.3) is 0 Å². The second kappa shape index (κ2) is 6.94. The fraction of sp³-hybridized carbons (Fsp3) is 0.111. The van der Waals surface area contributed by atoms with Gasteiger partial charge in [-0.2, -0.15) is 0 Å². The zero-order valence-corrected chi connectivity index (χ0v) is 13.8. The van der Waals surface area contributed by atoms with E-state index in [0.717, 1.165) is 11.6 Å². The summed E-state index contributed by atoms with van der Waals surface area (Å²) in [6.07, 6.45) is -1.38. The summed E-state index contributed by atoms with van der Waals surface area (Å²) in [4.78, 5) is 23.9. The topological polar surface area (TPSA) is 64.6 Å². The highest BCUT2D eigenvalue weighted by atomic mass is 35.5. The summed E-state index contributed by atoms with van der Waals surface area (Å²) in [5, 5.41) is 2.69. The number of ether oxygens (including phenoxy) is 2. The van der Waals surface area contributed by atoms with E-state index in [1.165, 1.54) is 18.2 Å². The fourth-order valence-corrected chi connectivity index (χ4v) is 2.46. The van der Waals surface area contributed by atoms with Crippen LogP contribution in [0.2, 0.25) is 0 Å². The molecular weight excluding hydrogens is 349 g/mol. The monoisotopic (exact) mass is 361 g/mol. The van der Waals surface area contributed by atoms with Crippen LogP contribution in [0, 0.1) is 12.7 Å². The second-order valence-electron chi connectivity index (χ2n) is 5.34. The van der Waals surface area contributed by atoms with Crippen molar-refractivity contribution in [3.8, 4) is 0 Å². The van der Waals surface area contributed by atoms with Gasteiger partial charge in [-0.15, -0.1) is 0 Å². The number of esters is 2. The Balaban J connectivity index is 1.82. The van der Waals surface area contributed by atoms with E-state index in [1.54, 1.807) is 6.07 Å². The van der Waals surface area contributed by atoms with Gasteiger partial charge in [-0.1, -0.05) is 35.9 Å². The van der Waals surface area contributed by atoms with Gasteiger partial charge in [-0.05, 0) is 36.8 Å². The summed E-state index contributed by atoms with van der Waals surface area (Å²) < 4.78 is 23.7. The molecule has 1 atom stereocenters. The first-order chi connectivity index (χ1) is 12.0. The predicted octanol–water partition coefficient (Wildman–Crippen LogP) is 3.74. The number of anilines is 1. The Kier molecular flexibility index (Phi) is 4.72. The molecule has 2 aromatic carbocycles. The summed E-state index contributed by atoms with van der Waals surface area (Å²) >= 11 is 5.95. The SMILES string of the molecule is Cc1cccc(NC2=C(Cl)C(=O)O[C@H]2OC(=O)c2ccccc2F)c1. The standard InChI is InChI=1S/C18H13ClFNO4/c1-10-5-4-6-11(9-10)21-15-14(19)17(23)25-18(15)24-16(22)12-7-2-3-8-13(12)20/h2-9,18,21H,1H3/t18-/m1/s1. The molecule has 0 spiro atoms. The molecule has 1 N–H and O–H groups in total. The summed E-state index contributed by atoms with van der Waals surface area (Å²) in [6.45, 7) is 1.90. The number of benzene rings is 2. The zero-order valence-electron chi connectivity index (χ0n) is 13.1. The van der Waals surface area contributed by atoms with E-state index in [-0.39, 0.29) is 16.3 Å². The van der Waals surface area contributed by atoms with Crippen molar-refractivity contribution in [1.29, 1.82) is 0 Å². The molecule has 0 saturated carbocycles. The van der Waals surface area contributed by atoms with Gasteiger partial charge in [0.05, 0.1) is 5.56 Å². The molecule has 2 aromatic rings. The van der Waals surface area contributed by atoms with Gasteiger partial charge in [-0.3, -0.25) is 0 Å². The summed E-state index contributed by atoms with van der Waals surface area (Å²) in [5.74, 6) is -2.53. The molecule has 25 heavy (non-hydrogen) atoms. The molecule has 0 aromatic heterocycles. The van der Waals surface area contributed by atoms with Crippen LogP contribution in [0.1, 0.15) is 15.9 Å². The molecule has 1 heterocycles. The minimum absolute atomic E-state index is 0.0851. The van der Waals surface area contributed by atoms with Crippen molar-refractivity contribution in [3.63, 3.8) is 0 Å². The van der Waals surface area contributed by atoms with Crippen molar-refractivity contribution in [3.05, 3.63) is 76.2 Å². The van der Waals surface area contributed by atoms with Crippen molar-refractivity contribution in [2.24, 2.45) is 0 Å². The molecule has 0 amide bonds. The maximum absolute atomic E-state index is 13.7. The molecule has 1 aliphatic heterocycles. The third kappa shape index (κ3) is 3.64. The summed E-state index contributed by atoms with van der Waals surface area (Å²) in [7, 11) is 0. The average molecular weight is 362 g/mol. The molecule has 1 aliphatic rings. The van der Waals surface area contributed by atoms with Crippen LogP contribution in [0.3, 0.4) is 0 Å². The van der Waals surface area contributed by atoms with Crippen LogP contribution in [0.4, 0.5) is 10.1 Å². The van der Waals surface area contributed by atoms with Crippen LogP contribution in [0.15, 0.2) is 59.3 Å². The van der Waals surface area contributed by atoms with Gasteiger partial charge in [0, 0.05) is 5.69 Å². The Hall–Kier alpha value is -2.86. The van der Waals surface area contributed by atoms with Gasteiger partial charge in [0.1, 0.15) is 11.5 Å². The quantitative estimate of drug-likeness (QED) is 0.840. The Morgan fingerprint density at radius 1 is 1.24 bits per heavy atom. The Morgan fingerprint density at radius 3 is 2.72 bits per heavy atom. The van der Waals surface area contributed by atoms with Crippen LogP contribution >= 0.6 is 11.6 Å². The van der Waals surface area contributed by atoms with E-state index in [1.807, 2.05) is 25.1 Å². The summed E-state index contributed by atoms with van der Waals surface area (Å²) in [5.41, 5.74) is 1.43. The van der Waals surface area contributed by atoms with E-state index >= 15 is 0 Å². The van der Waals surface area contributed by atoms with E-state index in [9.17, 15) is 14.0 Å². The van der Waals surface area contributed by atoms with E-state index in [4.69, 9.17) is 21.1 Å². The number of nitrogens with one attached hydrogen (secondary N) is 1. The van der Waals surface area contributed by atoms with E-state index in [2.05, 4.69) is 5.32 Å². The van der Waals surface area contributed by atoms with Crippen LogP contribution in [-0.4, -0.2) is 18.2 Å². The van der Waals surface area contributed by atoms with Crippen LogP contribution in [-0.2, 0) is 14.3 Å². The van der Waals surface area contributed by atoms with Crippen LogP contribution in [0.5, 0.6) is 0 Å². The highest BCUT2D eigenvalue weighted by Crippen LogP contribution is 2.29. The van der Waals surface area contributed by atoms with Crippen molar-refractivity contribution in [2.45, 2.75) is 13.2 Å². The van der Waals surface area contributed by atoms with Gasteiger partial charge in [0.25, 0.3) is 6.29 Å². The first-order valence-corrected chi connectivity index (χ1v) is 7.73. The zero-order chi connectivity index (χ0) is 18.0. The largest absolute Gasteiger partial charge is 0.415 e. The molecule has 3 rings (SSSR count). The number of cyclic esters (lactones) is 1. The highest BCUT2D eigenvalue weighted by molar-refractivity contribution is 6.42. The molecule has 0 fully saturated rings. The molecular formula is C18H13ClFNO4. The number of hydrogen-bond donors (Lipinski definition) is 1. The first kappa shape index (κ1) is 17.0. The smallest absolute Gasteiger partial charge is 0.355 e. The molecule has 0 saturated heterocycles. The first-order valence-electron chi connectivity index (χ1n) is 7.35. The molecule has 0 radical (unpaired) electrons. The third-order valence-electron chi connectivity index (χ3n) is 3.47. The number of carbonyl (C=O) groups is 2. The molecule has 5 nitrogen and oxygen atoms in total. The number of aryl methyl sites for hydroxylation is 1. The number of carbonyl (C=O) groups excluding carboxylic acids is 2. The average Bonchev–Trinajstić information content (AvgIpc) is 2.83. The number of halogens is 2. The van der Waals surface area contributed by atoms with Crippen molar-refractivity contribution < 1.29 is 23.5 Å². The maximum atomic E-state index is 13.7. The third-order valence-corrected chi connectivity index (χ3v) is 3.83. The lowest BCUT2D eigenvalue weighted by atomic mass is 10.2. The molecule has 0 aliphatic carbocycles. The van der Waals surface area contributed by atoms with E-state index < -0.39 is 24.0 Å². The predicted molar refractivity (Wildman–Crippen MR) is 89.4 cm³/mol. The Labute approximate surface area is 148 Å². The fourth-order valence-electron chi connectivity index (χ4n) is 2.28. The molecule has 128 valence electrons. The minimum atomic E-state index is -1.38. The Morgan fingerprint density at radius 2 is 2.00 bits per heavy atom. The lowest BCUT2D eigenvalue weighted by molar-refractivity contribution is -0.152. The van der Waals surface area contributed by atoms with E-state index in [0.29, 0.717) is 5.69 Å². The Bertz CT molecular complexity index is 881. The normalized spacial score (nSPS) is 16.6. The van der Waals surface area contributed by atoms with Crippen molar-refractivity contribution >= 4 is 29.2 Å². The van der Waals surface area contributed by atoms with Gasteiger partial charge in [0.2, 0.25) is 0 Å². The molecule has 0 unspecified atom stereocenters. The lowest BCUT2D eigenvalue weighted by Gasteiger charge is -2.16. The highest BCUT2D eigenvalue weighted by Gasteiger charge is 2.37. The minimum Gasteiger partial charge on any atom is -0.415 e. The van der Waals surface area contributed by atoms with Gasteiger partial charge in [0.15, 0.2) is 5.03 Å². The van der Waals surface area contributed by atoms with Gasteiger partial charge >= 0.3 is 11.9 Å². The van der Waals surface area contributed by atoms with Gasteiger partial charge < -0.3 is 14.8 Å². The molecule has 0 bridgehead atoms. The van der Waals surface area contributed by atoms with Crippen molar-refractivity contribution in [1.82, 2.24) is 0 Å². The number of hydrogen-bond acceptors (Lipinski definition) is 5.